The van der Waals surface area contributed by atoms with E-state index in [0.29, 0.717) is 0 Å². The average Bonchev–Trinajstić information content (AvgIpc) is 2.70. The molecule has 1 aliphatic rings. The van der Waals surface area contributed by atoms with Crippen LogP contribution in [0.1, 0.15) is 16.7 Å². The average molecular weight is 327 g/mol. The second-order valence-electron chi connectivity index (χ2n) is 5.03. The highest BCUT2D eigenvalue weighted by molar-refractivity contribution is 9.10. The molecule has 100 valence electrons. The van der Waals surface area contributed by atoms with Crippen LogP contribution in [0.2, 0.25) is 0 Å². The molecule has 2 aromatic carbocycles. The highest BCUT2D eigenvalue weighted by Crippen LogP contribution is 2.26. The molecule has 0 amide bonds. The number of rotatable bonds is 1. The van der Waals surface area contributed by atoms with Gasteiger partial charge >= 0.3 is 0 Å². The molecule has 0 saturated heterocycles. The number of anilines is 1. The van der Waals surface area contributed by atoms with Crippen LogP contribution in [0.15, 0.2) is 46.9 Å². The van der Waals surface area contributed by atoms with Gasteiger partial charge in [0.25, 0.3) is 0 Å². The summed E-state index contributed by atoms with van der Waals surface area (Å²) in [6, 6.07) is 16.9. The van der Waals surface area contributed by atoms with Crippen molar-refractivity contribution in [2.75, 3.05) is 18.0 Å². The Kier molecular flexibility index (Phi) is 3.75. The van der Waals surface area contributed by atoms with Gasteiger partial charge in [-0.15, -0.1) is 0 Å². The predicted octanol–water partition coefficient (Wildman–Crippen LogP) is 3.93. The van der Waals surface area contributed by atoms with Crippen molar-refractivity contribution >= 4 is 21.6 Å². The van der Waals surface area contributed by atoms with Crippen LogP contribution in [-0.2, 0) is 12.8 Å². The molecule has 2 aromatic rings. The molecule has 1 heterocycles. The number of fused-ring (bicyclic) bond motifs is 1. The van der Waals surface area contributed by atoms with Gasteiger partial charge in [-0.2, -0.15) is 5.26 Å². The van der Waals surface area contributed by atoms with Gasteiger partial charge in [-0.1, -0.05) is 40.2 Å². The highest BCUT2D eigenvalue weighted by Gasteiger charge is 2.16. The van der Waals surface area contributed by atoms with Crippen LogP contribution in [0.4, 0.5) is 5.69 Å². The summed E-state index contributed by atoms with van der Waals surface area (Å²) in [5, 5.41) is 9.32. The molecule has 2 nitrogen and oxygen atoms in total. The lowest BCUT2D eigenvalue weighted by Crippen LogP contribution is -2.26. The predicted molar refractivity (Wildman–Crippen MR) is 84.9 cm³/mol. The smallest absolute Gasteiger partial charge is 0.101 e. The fourth-order valence-electron chi connectivity index (χ4n) is 2.78. The lowest BCUT2D eigenvalue weighted by Gasteiger charge is -2.23. The summed E-state index contributed by atoms with van der Waals surface area (Å²) in [6.07, 6.45) is 2.08. The first-order chi connectivity index (χ1) is 9.78. The Balaban J connectivity index is 1.89. The van der Waals surface area contributed by atoms with Crippen LogP contribution in [0, 0.1) is 11.3 Å². The van der Waals surface area contributed by atoms with Crippen molar-refractivity contribution in [3.8, 4) is 6.07 Å². The van der Waals surface area contributed by atoms with Gasteiger partial charge in [-0.05, 0) is 42.2 Å². The van der Waals surface area contributed by atoms with E-state index >= 15 is 0 Å². The SMILES string of the molecule is N#Cc1cc(Br)ccc1N1CCc2ccccc2CC1. The Morgan fingerprint density at radius 2 is 1.65 bits per heavy atom. The quantitative estimate of drug-likeness (QED) is 0.794. The maximum absolute atomic E-state index is 9.32. The molecule has 0 unspecified atom stereocenters. The molecule has 0 saturated carbocycles. The number of benzene rings is 2. The summed E-state index contributed by atoms with van der Waals surface area (Å²) in [6.45, 7) is 1.93. The minimum absolute atomic E-state index is 0.741. The molecule has 0 spiro atoms. The molecule has 0 radical (unpaired) electrons. The van der Waals surface area contributed by atoms with Gasteiger partial charge in [0.15, 0.2) is 0 Å². The molecular weight excluding hydrogens is 312 g/mol. The fraction of sp³-hybridized carbons (Fsp3) is 0.235. The lowest BCUT2D eigenvalue weighted by atomic mass is 10.0. The van der Waals surface area contributed by atoms with Gasteiger partial charge in [0.1, 0.15) is 6.07 Å². The van der Waals surface area contributed by atoms with E-state index in [1.54, 1.807) is 0 Å². The van der Waals surface area contributed by atoms with E-state index in [1.165, 1.54) is 11.1 Å². The van der Waals surface area contributed by atoms with E-state index in [4.69, 9.17) is 0 Å². The summed E-state index contributed by atoms with van der Waals surface area (Å²) in [7, 11) is 0. The molecule has 20 heavy (non-hydrogen) atoms. The number of hydrogen-bond acceptors (Lipinski definition) is 2. The first-order valence-electron chi connectivity index (χ1n) is 6.79. The van der Waals surface area contributed by atoms with Gasteiger partial charge < -0.3 is 4.90 Å². The zero-order valence-corrected chi connectivity index (χ0v) is 12.7. The van der Waals surface area contributed by atoms with Crippen LogP contribution in [0.3, 0.4) is 0 Å². The standard InChI is InChI=1S/C17H15BrN2/c18-16-5-6-17(15(11-16)12-19)20-9-7-13-3-1-2-4-14(13)8-10-20/h1-6,11H,7-10H2. The molecule has 0 aliphatic carbocycles. The summed E-state index contributed by atoms with van der Waals surface area (Å²) >= 11 is 3.43. The van der Waals surface area contributed by atoms with Crippen LogP contribution < -0.4 is 4.90 Å². The third kappa shape index (κ3) is 2.57. The highest BCUT2D eigenvalue weighted by atomic mass is 79.9. The number of nitriles is 1. The normalized spacial score (nSPS) is 14.3. The van der Waals surface area contributed by atoms with Crippen molar-refractivity contribution < 1.29 is 0 Å². The van der Waals surface area contributed by atoms with Crippen LogP contribution in [0.5, 0.6) is 0 Å². The van der Waals surface area contributed by atoms with Gasteiger partial charge in [0.05, 0.1) is 11.3 Å². The second-order valence-corrected chi connectivity index (χ2v) is 5.94. The molecular formula is C17H15BrN2. The first kappa shape index (κ1) is 13.2. The fourth-order valence-corrected chi connectivity index (χ4v) is 3.14. The zero-order chi connectivity index (χ0) is 13.9. The summed E-state index contributed by atoms with van der Waals surface area (Å²) in [5.74, 6) is 0. The molecule has 0 atom stereocenters. The molecule has 0 aromatic heterocycles. The van der Waals surface area contributed by atoms with Gasteiger partial charge in [0.2, 0.25) is 0 Å². The summed E-state index contributed by atoms with van der Waals surface area (Å²) < 4.78 is 0.955. The van der Waals surface area contributed by atoms with E-state index in [2.05, 4.69) is 51.2 Å². The minimum atomic E-state index is 0.741. The van der Waals surface area contributed by atoms with Crippen molar-refractivity contribution in [3.05, 3.63) is 63.6 Å². The molecule has 3 heteroatoms. The van der Waals surface area contributed by atoms with Crippen LogP contribution in [0.25, 0.3) is 0 Å². The van der Waals surface area contributed by atoms with E-state index in [0.717, 1.165) is 41.7 Å². The number of halogens is 1. The van der Waals surface area contributed by atoms with Crippen molar-refractivity contribution in [2.45, 2.75) is 12.8 Å². The molecule has 1 aliphatic heterocycles. The minimum Gasteiger partial charge on any atom is -0.370 e. The largest absolute Gasteiger partial charge is 0.370 e. The van der Waals surface area contributed by atoms with Crippen molar-refractivity contribution in [1.29, 1.82) is 5.26 Å². The molecule has 3 rings (SSSR count). The van der Waals surface area contributed by atoms with Crippen molar-refractivity contribution in [3.63, 3.8) is 0 Å². The van der Waals surface area contributed by atoms with Gasteiger partial charge in [0, 0.05) is 17.6 Å². The maximum atomic E-state index is 9.32. The van der Waals surface area contributed by atoms with E-state index < -0.39 is 0 Å². The van der Waals surface area contributed by atoms with Crippen LogP contribution in [-0.4, -0.2) is 13.1 Å². The zero-order valence-electron chi connectivity index (χ0n) is 11.1. The monoisotopic (exact) mass is 326 g/mol. The van der Waals surface area contributed by atoms with Crippen LogP contribution >= 0.6 is 15.9 Å². The van der Waals surface area contributed by atoms with E-state index in [-0.39, 0.29) is 0 Å². The van der Waals surface area contributed by atoms with E-state index in [1.807, 2.05) is 18.2 Å². The third-order valence-corrected chi connectivity index (χ3v) is 4.33. The second kappa shape index (κ2) is 5.68. The van der Waals surface area contributed by atoms with E-state index in [9.17, 15) is 5.26 Å². The summed E-state index contributed by atoms with van der Waals surface area (Å²) in [4.78, 5) is 2.32. The van der Waals surface area contributed by atoms with Crippen molar-refractivity contribution in [1.82, 2.24) is 0 Å². The maximum Gasteiger partial charge on any atom is 0.101 e. The molecule has 0 bridgehead atoms. The summed E-state index contributed by atoms with van der Waals surface area (Å²) in [5.41, 5.74) is 4.66. The lowest BCUT2D eigenvalue weighted by molar-refractivity contribution is 0.804. The van der Waals surface area contributed by atoms with Crippen molar-refractivity contribution in [2.24, 2.45) is 0 Å². The molecule has 0 N–H and O–H groups in total. The Labute approximate surface area is 127 Å². The third-order valence-electron chi connectivity index (χ3n) is 3.84. The first-order valence-corrected chi connectivity index (χ1v) is 7.58. The van der Waals surface area contributed by atoms with Gasteiger partial charge in [-0.25, -0.2) is 0 Å². The number of nitrogens with zero attached hydrogens (tertiary/aromatic N) is 2. The topological polar surface area (TPSA) is 27.0 Å². The Hall–Kier alpha value is -1.79. The Bertz CT molecular complexity index is 646. The number of hydrogen-bond donors (Lipinski definition) is 0. The Morgan fingerprint density at radius 3 is 2.25 bits per heavy atom. The Morgan fingerprint density at radius 1 is 1.00 bits per heavy atom. The van der Waals surface area contributed by atoms with Gasteiger partial charge in [-0.3, -0.25) is 0 Å². The molecule has 0 fully saturated rings.